The number of pyridine rings is 1. The van der Waals surface area contributed by atoms with Crippen molar-refractivity contribution in [1.29, 1.82) is 0 Å². The van der Waals surface area contributed by atoms with Gasteiger partial charge in [-0.2, -0.15) is 0 Å². The molecular weight excluding hydrogens is 325 g/mol. The zero-order valence-electron chi connectivity index (χ0n) is 10.2. The lowest BCUT2D eigenvalue weighted by Gasteiger charge is -2.09. The number of nitro groups is 1. The quantitative estimate of drug-likeness (QED) is 0.527. The molecule has 0 fully saturated rings. The minimum atomic E-state index is -4.31. The van der Waals surface area contributed by atoms with E-state index in [9.17, 15) is 22.9 Å². The monoisotopic (exact) mass is 331 g/mol. The summed E-state index contributed by atoms with van der Waals surface area (Å²) >= 11 is 5.71. The molecule has 0 aliphatic heterocycles. The lowest BCUT2D eigenvalue weighted by Crippen LogP contribution is -2.15. The van der Waals surface area contributed by atoms with Crippen molar-refractivity contribution in [2.45, 2.75) is 4.90 Å². The van der Waals surface area contributed by atoms with E-state index in [4.69, 9.17) is 11.6 Å². The number of rotatable bonds is 4. The molecule has 0 bridgehead atoms. The van der Waals surface area contributed by atoms with Gasteiger partial charge in [0.25, 0.3) is 15.7 Å². The maximum absolute atomic E-state index is 13.0. The Balaban J connectivity index is 2.50. The van der Waals surface area contributed by atoms with Gasteiger partial charge in [0.2, 0.25) is 0 Å². The van der Waals surface area contributed by atoms with Crippen molar-refractivity contribution in [2.75, 3.05) is 4.72 Å². The van der Waals surface area contributed by atoms with Gasteiger partial charge in [-0.1, -0.05) is 11.6 Å². The normalized spacial score (nSPS) is 11.1. The standard InChI is InChI=1S/C11H7ClFN3O4S/c12-11-8(2-1-5-14-11)15-21(19,20)10-4-3-7(13)6-9(10)16(17)18/h1-6,15H. The first-order chi connectivity index (χ1) is 9.81. The zero-order valence-corrected chi connectivity index (χ0v) is 11.7. The van der Waals surface area contributed by atoms with E-state index in [1.807, 2.05) is 0 Å². The Morgan fingerprint density at radius 3 is 2.67 bits per heavy atom. The lowest BCUT2D eigenvalue weighted by molar-refractivity contribution is -0.388. The van der Waals surface area contributed by atoms with Gasteiger partial charge < -0.3 is 0 Å². The van der Waals surface area contributed by atoms with Gasteiger partial charge in [-0.05, 0) is 24.3 Å². The Bertz CT molecular complexity index is 813. The molecule has 10 heteroatoms. The smallest absolute Gasteiger partial charge is 0.276 e. The highest BCUT2D eigenvalue weighted by molar-refractivity contribution is 7.92. The molecule has 2 rings (SSSR count). The number of sulfonamides is 1. The number of anilines is 1. The van der Waals surface area contributed by atoms with Gasteiger partial charge >= 0.3 is 0 Å². The maximum atomic E-state index is 13.0. The van der Waals surface area contributed by atoms with Gasteiger partial charge in [-0.25, -0.2) is 17.8 Å². The summed E-state index contributed by atoms with van der Waals surface area (Å²) in [4.78, 5) is 12.9. The van der Waals surface area contributed by atoms with Crippen LogP contribution >= 0.6 is 11.6 Å². The Morgan fingerprint density at radius 2 is 2.05 bits per heavy atom. The first-order valence-corrected chi connectivity index (χ1v) is 7.24. The van der Waals surface area contributed by atoms with Crippen LogP contribution in [0.5, 0.6) is 0 Å². The van der Waals surface area contributed by atoms with Crippen molar-refractivity contribution < 1.29 is 17.7 Å². The molecule has 1 aromatic heterocycles. The SMILES string of the molecule is O=[N+]([O-])c1cc(F)ccc1S(=O)(=O)Nc1cccnc1Cl. The van der Waals surface area contributed by atoms with Gasteiger partial charge in [0.15, 0.2) is 10.0 Å². The highest BCUT2D eigenvalue weighted by atomic mass is 35.5. The molecule has 0 atom stereocenters. The molecule has 1 N–H and O–H groups in total. The summed E-state index contributed by atoms with van der Waals surface area (Å²) < 4.78 is 39.4. The molecule has 2 aromatic rings. The van der Waals surface area contributed by atoms with Crippen LogP contribution in [0.4, 0.5) is 15.8 Å². The molecule has 0 saturated heterocycles. The highest BCUT2D eigenvalue weighted by Crippen LogP contribution is 2.28. The molecule has 21 heavy (non-hydrogen) atoms. The van der Waals surface area contributed by atoms with Crippen LogP contribution in [-0.4, -0.2) is 18.3 Å². The number of aromatic nitrogens is 1. The molecule has 1 aromatic carbocycles. The minimum absolute atomic E-state index is 0.0437. The number of halogens is 2. The van der Waals surface area contributed by atoms with E-state index in [2.05, 4.69) is 9.71 Å². The topological polar surface area (TPSA) is 102 Å². The second kappa shape index (κ2) is 5.62. The fraction of sp³-hybridized carbons (Fsp3) is 0. The number of nitro benzene ring substituents is 1. The third-order valence-corrected chi connectivity index (χ3v) is 4.12. The Kier molecular flexibility index (Phi) is 4.05. The van der Waals surface area contributed by atoms with E-state index >= 15 is 0 Å². The Morgan fingerprint density at radius 1 is 1.33 bits per heavy atom. The van der Waals surface area contributed by atoms with Crippen molar-refractivity contribution in [1.82, 2.24) is 4.98 Å². The van der Waals surface area contributed by atoms with Gasteiger partial charge in [0.05, 0.1) is 16.7 Å². The van der Waals surface area contributed by atoms with Gasteiger partial charge in [0, 0.05) is 6.20 Å². The molecule has 0 saturated carbocycles. The fourth-order valence-corrected chi connectivity index (χ4v) is 2.97. The van der Waals surface area contributed by atoms with Crippen molar-refractivity contribution in [3.63, 3.8) is 0 Å². The van der Waals surface area contributed by atoms with Crippen LogP contribution in [0.15, 0.2) is 41.4 Å². The molecule has 110 valence electrons. The van der Waals surface area contributed by atoms with Crippen LogP contribution in [0.1, 0.15) is 0 Å². The summed E-state index contributed by atoms with van der Waals surface area (Å²) in [5, 5.41) is 10.7. The van der Waals surface area contributed by atoms with E-state index in [0.717, 1.165) is 12.1 Å². The summed E-state index contributed by atoms with van der Waals surface area (Å²) in [5.74, 6) is -0.917. The van der Waals surface area contributed by atoms with Crippen LogP contribution in [0, 0.1) is 15.9 Å². The molecule has 7 nitrogen and oxygen atoms in total. The molecule has 0 aliphatic carbocycles. The zero-order chi connectivity index (χ0) is 15.6. The summed E-state index contributed by atoms with van der Waals surface area (Å²) in [6.07, 6.45) is 1.35. The van der Waals surface area contributed by atoms with Crippen molar-refractivity contribution in [3.05, 3.63) is 57.6 Å². The average Bonchev–Trinajstić information content (AvgIpc) is 2.40. The summed E-state index contributed by atoms with van der Waals surface area (Å²) in [6, 6.07) is 4.91. The number of nitrogens with zero attached hydrogens (tertiary/aromatic N) is 2. The van der Waals surface area contributed by atoms with Crippen molar-refractivity contribution in [2.24, 2.45) is 0 Å². The summed E-state index contributed by atoms with van der Waals surface area (Å²) in [5.41, 5.74) is -0.916. The van der Waals surface area contributed by atoms with Crippen molar-refractivity contribution >= 4 is 33.0 Å². The number of hydrogen-bond acceptors (Lipinski definition) is 5. The van der Waals surface area contributed by atoms with Gasteiger partial charge in [0.1, 0.15) is 5.82 Å². The van der Waals surface area contributed by atoms with Crippen LogP contribution in [0.25, 0.3) is 0 Å². The third-order valence-electron chi connectivity index (χ3n) is 2.41. The molecule has 0 unspecified atom stereocenters. The van der Waals surface area contributed by atoms with Gasteiger partial charge in [-0.15, -0.1) is 0 Å². The Labute approximate surface area is 123 Å². The average molecular weight is 332 g/mol. The Hall–Kier alpha value is -2.26. The summed E-state index contributed by atoms with van der Waals surface area (Å²) in [7, 11) is -4.31. The second-order valence-electron chi connectivity index (χ2n) is 3.82. The predicted octanol–water partition coefficient (Wildman–Crippen LogP) is 2.58. The van der Waals surface area contributed by atoms with E-state index < -0.39 is 31.3 Å². The van der Waals surface area contributed by atoms with E-state index in [-0.39, 0.29) is 10.8 Å². The van der Waals surface area contributed by atoms with Crippen LogP contribution < -0.4 is 4.72 Å². The van der Waals surface area contributed by atoms with Crippen LogP contribution in [-0.2, 0) is 10.0 Å². The largest absolute Gasteiger partial charge is 0.292 e. The molecule has 0 amide bonds. The molecule has 1 heterocycles. The number of nitrogens with one attached hydrogen (secondary N) is 1. The first kappa shape index (κ1) is 15.1. The molecular formula is C11H7ClFN3O4S. The first-order valence-electron chi connectivity index (χ1n) is 5.38. The third kappa shape index (κ3) is 3.26. The lowest BCUT2D eigenvalue weighted by atomic mass is 10.3. The maximum Gasteiger partial charge on any atom is 0.292 e. The predicted molar refractivity (Wildman–Crippen MR) is 73.1 cm³/mol. The van der Waals surface area contributed by atoms with E-state index in [1.165, 1.54) is 18.3 Å². The number of benzene rings is 1. The molecule has 0 aliphatic rings. The highest BCUT2D eigenvalue weighted by Gasteiger charge is 2.27. The van der Waals surface area contributed by atoms with E-state index in [0.29, 0.717) is 6.07 Å². The van der Waals surface area contributed by atoms with Crippen molar-refractivity contribution in [3.8, 4) is 0 Å². The van der Waals surface area contributed by atoms with Crippen LogP contribution in [0.2, 0.25) is 5.15 Å². The molecule has 0 radical (unpaired) electrons. The molecule has 0 spiro atoms. The second-order valence-corrected chi connectivity index (χ2v) is 5.83. The number of hydrogen-bond donors (Lipinski definition) is 1. The minimum Gasteiger partial charge on any atom is -0.276 e. The van der Waals surface area contributed by atoms with E-state index in [1.54, 1.807) is 0 Å². The van der Waals surface area contributed by atoms with Crippen LogP contribution in [0.3, 0.4) is 0 Å². The summed E-state index contributed by atoms with van der Waals surface area (Å²) in [6.45, 7) is 0. The van der Waals surface area contributed by atoms with Gasteiger partial charge in [-0.3, -0.25) is 14.8 Å². The fourth-order valence-electron chi connectivity index (χ4n) is 1.52.